The van der Waals surface area contributed by atoms with E-state index in [0.717, 1.165) is 31.6 Å². The molecule has 1 aliphatic heterocycles. The van der Waals surface area contributed by atoms with Crippen molar-refractivity contribution in [3.8, 4) is 5.75 Å². The molecule has 1 fully saturated rings. The van der Waals surface area contributed by atoms with Crippen molar-refractivity contribution in [2.45, 2.75) is 38.3 Å². The van der Waals surface area contributed by atoms with Crippen LogP contribution >= 0.6 is 0 Å². The van der Waals surface area contributed by atoms with Crippen molar-refractivity contribution in [1.82, 2.24) is 15.5 Å². The highest BCUT2D eigenvalue weighted by molar-refractivity contribution is 5.28. The maximum absolute atomic E-state index is 13.8. The number of hydrogen-bond acceptors (Lipinski definition) is 7. The number of aliphatic hydroxyl groups is 1. The average Bonchev–Trinajstić information content (AvgIpc) is 2.83. The molecule has 2 aromatic rings. The molecule has 8 nitrogen and oxygen atoms in total. The quantitative estimate of drug-likeness (QED) is 0.233. The van der Waals surface area contributed by atoms with E-state index in [2.05, 4.69) is 27.7 Å². The Bertz CT molecular complexity index is 950. The molecule has 0 aromatic heterocycles. The molecule has 0 spiro atoms. The molecule has 1 saturated heterocycles. The number of halogens is 1. The minimum Gasteiger partial charge on any atom is -0.494 e. The minimum atomic E-state index is -1.14. The normalized spacial score (nSPS) is 15.5. The van der Waals surface area contributed by atoms with Gasteiger partial charge in [0.2, 0.25) is 0 Å². The molecule has 1 heterocycles. The zero-order chi connectivity index (χ0) is 24.2. The lowest BCUT2D eigenvalue weighted by Crippen LogP contribution is -2.31. The minimum absolute atomic E-state index is 0.0755. The molecular weight excluding hydrogens is 439 g/mol. The molecular formula is C25H33FN4O4. The van der Waals surface area contributed by atoms with Crippen LogP contribution in [0.3, 0.4) is 0 Å². The summed E-state index contributed by atoms with van der Waals surface area (Å²) in [6.07, 6.45) is 4.09. The third-order valence-electron chi connectivity index (χ3n) is 5.64. The van der Waals surface area contributed by atoms with E-state index in [4.69, 9.17) is 4.74 Å². The van der Waals surface area contributed by atoms with Crippen LogP contribution in [-0.4, -0.2) is 47.7 Å². The van der Waals surface area contributed by atoms with Crippen molar-refractivity contribution in [3.05, 3.63) is 87.6 Å². The first-order valence-corrected chi connectivity index (χ1v) is 11.7. The van der Waals surface area contributed by atoms with Crippen molar-refractivity contribution >= 4 is 0 Å². The van der Waals surface area contributed by atoms with Gasteiger partial charge in [-0.3, -0.25) is 15.0 Å². The van der Waals surface area contributed by atoms with E-state index in [9.17, 15) is 19.6 Å². The summed E-state index contributed by atoms with van der Waals surface area (Å²) >= 11 is 0. The highest BCUT2D eigenvalue weighted by Crippen LogP contribution is 2.18. The summed E-state index contributed by atoms with van der Waals surface area (Å²) in [4.78, 5) is 12.8. The third kappa shape index (κ3) is 8.64. The van der Waals surface area contributed by atoms with E-state index in [1.165, 1.54) is 43.0 Å². The predicted octanol–water partition coefficient (Wildman–Crippen LogP) is 3.57. The number of nitrogens with one attached hydrogen (secondary N) is 2. The van der Waals surface area contributed by atoms with Crippen LogP contribution in [-0.2, 0) is 6.54 Å². The van der Waals surface area contributed by atoms with Gasteiger partial charge in [-0.25, -0.2) is 4.39 Å². The van der Waals surface area contributed by atoms with Crippen LogP contribution in [0.4, 0.5) is 4.39 Å². The van der Waals surface area contributed by atoms with E-state index >= 15 is 0 Å². The van der Waals surface area contributed by atoms with Crippen molar-refractivity contribution in [1.29, 1.82) is 0 Å². The van der Waals surface area contributed by atoms with Gasteiger partial charge in [-0.05, 0) is 56.1 Å². The van der Waals surface area contributed by atoms with Gasteiger partial charge < -0.3 is 20.5 Å². The van der Waals surface area contributed by atoms with Crippen LogP contribution in [0, 0.1) is 15.9 Å². The van der Waals surface area contributed by atoms with Crippen molar-refractivity contribution < 1.29 is 19.2 Å². The number of piperidine rings is 1. The third-order valence-corrected chi connectivity index (χ3v) is 5.64. The Balaban J connectivity index is 1.40. The van der Waals surface area contributed by atoms with E-state index in [1.807, 2.05) is 12.1 Å². The van der Waals surface area contributed by atoms with Gasteiger partial charge in [-0.2, -0.15) is 0 Å². The maximum atomic E-state index is 13.8. The van der Waals surface area contributed by atoms with Gasteiger partial charge in [0.15, 0.2) is 5.82 Å². The summed E-state index contributed by atoms with van der Waals surface area (Å²) in [6.45, 7) is 4.01. The second-order valence-corrected chi connectivity index (χ2v) is 8.36. The Labute approximate surface area is 199 Å². The second kappa shape index (κ2) is 13.5. The molecule has 34 heavy (non-hydrogen) atoms. The van der Waals surface area contributed by atoms with Crippen LogP contribution in [0.2, 0.25) is 0 Å². The largest absolute Gasteiger partial charge is 0.494 e. The molecule has 0 radical (unpaired) electrons. The Kier molecular flexibility index (Phi) is 10.1. The fourth-order valence-electron chi connectivity index (χ4n) is 3.92. The first-order valence-electron chi connectivity index (χ1n) is 11.7. The van der Waals surface area contributed by atoms with Gasteiger partial charge in [0.1, 0.15) is 11.6 Å². The molecule has 3 N–H and O–H groups in total. The molecule has 1 aliphatic rings. The summed E-state index contributed by atoms with van der Waals surface area (Å²) in [6, 6.07) is 14.0. The van der Waals surface area contributed by atoms with E-state index in [-0.39, 0.29) is 17.9 Å². The monoisotopic (exact) mass is 472 g/mol. The summed E-state index contributed by atoms with van der Waals surface area (Å²) in [5.74, 6) is 0.423. The molecule has 2 aromatic carbocycles. The van der Waals surface area contributed by atoms with Crippen molar-refractivity contribution in [2.24, 2.45) is 0 Å². The van der Waals surface area contributed by atoms with Crippen LogP contribution in [0.25, 0.3) is 0 Å². The Morgan fingerprint density at radius 2 is 1.97 bits per heavy atom. The Morgan fingerprint density at radius 1 is 1.18 bits per heavy atom. The zero-order valence-corrected chi connectivity index (χ0v) is 19.3. The summed E-state index contributed by atoms with van der Waals surface area (Å²) in [5, 5.41) is 26.8. The highest BCUT2D eigenvalue weighted by Gasteiger charge is 2.14. The highest BCUT2D eigenvalue weighted by atomic mass is 19.1. The molecule has 3 rings (SSSR count). The zero-order valence-electron chi connectivity index (χ0n) is 19.3. The summed E-state index contributed by atoms with van der Waals surface area (Å²) in [5.41, 5.74) is 1.36. The number of likely N-dealkylation sites (tertiary alicyclic amines) is 1. The van der Waals surface area contributed by atoms with Crippen LogP contribution in [0.5, 0.6) is 5.75 Å². The molecule has 1 atom stereocenters. The topological polar surface area (TPSA) is 99.9 Å². The molecule has 0 aliphatic carbocycles. The average molecular weight is 473 g/mol. The van der Waals surface area contributed by atoms with Crippen molar-refractivity contribution in [2.75, 3.05) is 32.8 Å². The molecule has 0 bridgehead atoms. The maximum Gasteiger partial charge on any atom is 0.274 e. The lowest BCUT2D eigenvalue weighted by atomic mass is 10.1. The number of rotatable bonds is 13. The number of benzene rings is 2. The van der Waals surface area contributed by atoms with Crippen molar-refractivity contribution in [3.63, 3.8) is 0 Å². The van der Waals surface area contributed by atoms with E-state index < -0.39 is 16.8 Å². The van der Waals surface area contributed by atoms with Crippen LogP contribution in [0.15, 0.2) is 60.6 Å². The SMILES string of the molecule is O=[N+]([O-])C=C(NCCCOc1cccc(CN2CCCCC2)c1)NCC(O)c1ccccc1F. The van der Waals surface area contributed by atoms with Gasteiger partial charge in [0.25, 0.3) is 6.20 Å². The summed E-state index contributed by atoms with van der Waals surface area (Å²) < 4.78 is 19.7. The lowest BCUT2D eigenvalue weighted by Gasteiger charge is -2.26. The smallest absolute Gasteiger partial charge is 0.274 e. The number of aliphatic hydroxyl groups excluding tert-OH is 1. The van der Waals surface area contributed by atoms with Crippen LogP contribution in [0.1, 0.15) is 42.9 Å². The van der Waals surface area contributed by atoms with E-state index in [0.29, 0.717) is 19.6 Å². The molecule has 184 valence electrons. The van der Waals surface area contributed by atoms with Gasteiger partial charge in [-0.1, -0.05) is 36.8 Å². The summed E-state index contributed by atoms with van der Waals surface area (Å²) in [7, 11) is 0. The fraction of sp³-hybridized carbons (Fsp3) is 0.440. The van der Waals surface area contributed by atoms with Gasteiger partial charge in [0.05, 0.1) is 17.6 Å². The number of ether oxygens (including phenoxy) is 1. The second-order valence-electron chi connectivity index (χ2n) is 8.36. The Hall–Kier alpha value is -3.17. The first-order chi connectivity index (χ1) is 16.5. The lowest BCUT2D eigenvalue weighted by molar-refractivity contribution is -0.404. The molecule has 0 saturated carbocycles. The van der Waals surface area contributed by atoms with E-state index in [1.54, 1.807) is 6.07 Å². The first kappa shape index (κ1) is 25.5. The van der Waals surface area contributed by atoms with Gasteiger partial charge in [0, 0.05) is 25.2 Å². The molecule has 0 amide bonds. The molecule has 9 heteroatoms. The van der Waals surface area contributed by atoms with Gasteiger partial charge >= 0.3 is 0 Å². The standard InChI is InChI=1S/C25H33FN4O4/c26-23-11-3-2-10-22(23)24(31)17-28-25(19-30(32)33)27-12-7-15-34-21-9-6-8-20(16-21)18-29-13-4-1-5-14-29/h2-3,6,8-11,16,19,24,27-28,31H,1,4-5,7,12-15,17-18H2. The predicted molar refractivity (Wildman–Crippen MR) is 128 cm³/mol. The van der Waals surface area contributed by atoms with Gasteiger partial charge in [-0.15, -0.1) is 0 Å². The number of hydrogen-bond donors (Lipinski definition) is 3. The number of nitro groups is 1. The number of nitrogens with zero attached hydrogens (tertiary/aromatic N) is 2. The molecule has 1 unspecified atom stereocenters. The Morgan fingerprint density at radius 3 is 2.74 bits per heavy atom. The van der Waals surface area contributed by atoms with Crippen LogP contribution < -0.4 is 15.4 Å². The fourth-order valence-corrected chi connectivity index (χ4v) is 3.92.